The molecule has 0 amide bonds. The van der Waals surface area contributed by atoms with Crippen molar-refractivity contribution in [1.29, 1.82) is 0 Å². The minimum absolute atomic E-state index is 0.0416. The fourth-order valence-corrected chi connectivity index (χ4v) is 3.49. The van der Waals surface area contributed by atoms with Gasteiger partial charge in [-0.1, -0.05) is 84.0 Å². The van der Waals surface area contributed by atoms with E-state index >= 15 is 0 Å². The van der Waals surface area contributed by atoms with Gasteiger partial charge in [-0.15, -0.1) is 9.05 Å². The van der Waals surface area contributed by atoms with Crippen LogP contribution in [0.5, 0.6) is 0 Å². The normalized spacial score (nSPS) is 20.0. The highest BCUT2D eigenvalue weighted by molar-refractivity contribution is 7.33. The lowest BCUT2D eigenvalue weighted by Gasteiger charge is -2.14. The molecule has 0 saturated carbocycles. The smallest absolute Gasteiger partial charge is 0.373 e. The monoisotopic (exact) mass is 347 g/mol. The van der Waals surface area contributed by atoms with E-state index in [2.05, 4.69) is 6.92 Å². The summed E-state index contributed by atoms with van der Waals surface area (Å²) < 4.78 is 26.4. The zero-order valence-corrected chi connectivity index (χ0v) is 15.9. The molecule has 1 fully saturated rings. The van der Waals surface area contributed by atoms with Crippen LogP contribution in [0.25, 0.3) is 0 Å². The molecule has 0 radical (unpaired) electrons. The molecule has 23 heavy (non-hydrogen) atoms. The van der Waals surface area contributed by atoms with Gasteiger partial charge in [0.15, 0.2) is 0 Å². The van der Waals surface area contributed by atoms with E-state index in [1.165, 1.54) is 77.0 Å². The van der Waals surface area contributed by atoms with Gasteiger partial charge in [0.25, 0.3) is 0 Å². The molecule has 0 aromatic rings. The average molecular weight is 347 g/mol. The highest BCUT2D eigenvalue weighted by Crippen LogP contribution is 2.28. The van der Waals surface area contributed by atoms with Crippen LogP contribution in [-0.2, 0) is 18.3 Å². The van der Waals surface area contributed by atoms with Crippen molar-refractivity contribution in [2.75, 3.05) is 19.8 Å². The lowest BCUT2D eigenvalue weighted by Crippen LogP contribution is -2.27. The molecule has 1 rings (SSSR count). The summed E-state index contributed by atoms with van der Waals surface area (Å²) >= 11 is 0. The standard InChI is InChI=1S/C18H36O4P/c1-2-3-4-5-6-7-8-9-10-11-12-13-14-15-20-18-16-21-23(19)22-17-18/h18H,2-17H2,1H3/q+1. The molecule has 1 saturated heterocycles. The summed E-state index contributed by atoms with van der Waals surface area (Å²) in [5.41, 5.74) is 0. The highest BCUT2D eigenvalue weighted by atomic mass is 31.1. The second-order valence-electron chi connectivity index (χ2n) is 6.55. The molecule has 0 aromatic carbocycles. The van der Waals surface area contributed by atoms with Gasteiger partial charge in [0.2, 0.25) is 0 Å². The van der Waals surface area contributed by atoms with E-state index < -0.39 is 8.25 Å². The fourth-order valence-electron chi connectivity index (χ4n) is 2.84. The molecule has 0 aliphatic carbocycles. The van der Waals surface area contributed by atoms with Crippen molar-refractivity contribution in [2.45, 2.75) is 96.5 Å². The first kappa shape index (κ1) is 21.0. The third-order valence-corrected chi connectivity index (χ3v) is 5.05. The van der Waals surface area contributed by atoms with E-state index in [1.807, 2.05) is 0 Å². The van der Waals surface area contributed by atoms with Gasteiger partial charge in [0, 0.05) is 11.2 Å². The second kappa shape index (κ2) is 15.5. The van der Waals surface area contributed by atoms with Gasteiger partial charge in [-0.3, -0.25) is 0 Å². The van der Waals surface area contributed by atoms with Crippen LogP contribution in [-0.4, -0.2) is 25.9 Å². The topological polar surface area (TPSA) is 44.8 Å². The first-order valence-electron chi connectivity index (χ1n) is 9.67. The number of ether oxygens (including phenoxy) is 1. The van der Waals surface area contributed by atoms with Crippen LogP contribution in [0.1, 0.15) is 90.4 Å². The van der Waals surface area contributed by atoms with E-state index in [-0.39, 0.29) is 6.10 Å². The van der Waals surface area contributed by atoms with Gasteiger partial charge < -0.3 is 4.74 Å². The van der Waals surface area contributed by atoms with Crippen LogP contribution >= 0.6 is 8.25 Å². The minimum atomic E-state index is -1.89. The van der Waals surface area contributed by atoms with E-state index in [0.29, 0.717) is 13.2 Å². The first-order valence-corrected chi connectivity index (χ1v) is 10.8. The molecule has 136 valence electrons. The van der Waals surface area contributed by atoms with Crippen LogP contribution in [0, 0.1) is 0 Å². The van der Waals surface area contributed by atoms with Gasteiger partial charge in [-0.2, -0.15) is 0 Å². The summed E-state index contributed by atoms with van der Waals surface area (Å²) in [5, 5.41) is 0. The molecular formula is C18H36O4P+. The van der Waals surface area contributed by atoms with Gasteiger partial charge in [0.1, 0.15) is 19.3 Å². The van der Waals surface area contributed by atoms with Crippen LogP contribution in [0.2, 0.25) is 0 Å². The van der Waals surface area contributed by atoms with Crippen molar-refractivity contribution >= 4 is 8.25 Å². The second-order valence-corrected chi connectivity index (χ2v) is 7.51. The fraction of sp³-hybridized carbons (Fsp3) is 1.00. The molecule has 0 atom stereocenters. The summed E-state index contributed by atoms with van der Waals surface area (Å²) in [6.07, 6.45) is 17.6. The Morgan fingerprint density at radius 3 is 1.70 bits per heavy atom. The Bertz CT molecular complexity index is 276. The van der Waals surface area contributed by atoms with Crippen molar-refractivity contribution in [3.63, 3.8) is 0 Å². The quantitative estimate of drug-likeness (QED) is 0.262. The number of unbranched alkanes of at least 4 members (excludes halogenated alkanes) is 12. The Morgan fingerprint density at radius 2 is 1.22 bits per heavy atom. The zero-order chi connectivity index (χ0) is 16.6. The Kier molecular flexibility index (Phi) is 14.2. The molecule has 0 aromatic heterocycles. The molecule has 5 heteroatoms. The predicted octanol–water partition coefficient (Wildman–Crippen LogP) is 6.17. The zero-order valence-electron chi connectivity index (χ0n) is 15.0. The molecule has 1 aliphatic rings. The van der Waals surface area contributed by atoms with E-state index in [0.717, 1.165) is 13.0 Å². The number of hydrogen-bond acceptors (Lipinski definition) is 4. The molecule has 4 nitrogen and oxygen atoms in total. The van der Waals surface area contributed by atoms with Gasteiger partial charge >= 0.3 is 8.25 Å². The molecule has 0 bridgehead atoms. The van der Waals surface area contributed by atoms with Crippen molar-refractivity contribution in [1.82, 2.24) is 0 Å². The number of rotatable bonds is 15. The Balaban J connectivity index is 1.71. The molecule has 0 N–H and O–H groups in total. The maximum absolute atomic E-state index is 10.9. The van der Waals surface area contributed by atoms with Gasteiger partial charge in [-0.05, 0) is 6.42 Å². The lowest BCUT2D eigenvalue weighted by atomic mass is 10.0. The first-order chi connectivity index (χ1) is 11.3. The summed E-state index contributed by atoms with van der Waals surface area (Å²) in [4.78, 5) is 0. The summed E-state index contributed by atoms with van der Waals surface area (Å²) in [6, 6.07) is 0. The molecule has 0 spiro atoms. The predicted molar refractivity (Wildman–Crippen MR) is 94.9 cm³/mol. The average Bonchev–Trinajstić information content (AvgIpc) is 2.57. The van der Waals surface area contributed by atoms with E-state index in [1.54, 1.807) is 0 Å². The van der Waals surface area contributed by atoms with Crippen LogP contribution in [0.3, 0.4) is 0 Å². The maximum atomic E-state index is 10.9. The van der Waals surface area contributed by atoms with E-state index in [9.17, 15) is 4.57 Å². The SMILES string of the molecule is CCCCCCCCCCCCCCCOC1CO[P+](=O)OC1. The van der Waals surface area contributed by atoms with Crippen LogP contribution in [0.15, 0.2) is 0 Å². The summed E-state index contributed by atoms with van der Waals surface area (Å²) in [7, 11) is -1.89. The van der Waals surface area contributed by atoms with Crippen LogP contribution < -0.4 is 0 Å². The summed E-state index contributed by atoms with van der Waals surface area (Å²) in [5.74, 6) is 0. The third kappa shape index (κ3) is 13.0. The van der Waals surface area contributed by atoms with E-state index in [4.69, 9.17) is 13.8 Å². The molecule has 0 unspecified atom stereocenters. The molecule has 1 heterocycles. The molecule has 1 aliphatic heterocycles. The van der Waals surface area contributed by atoms with Crippen molar-refractivity contribution in [3.8, 4) is 0 Å². The van der Waals surface area contributed by atoms with Crippen molar-refractivity contribution in [3.05, 3.63) is 0 Å². The van der Waals surface area contributed by atoms with Crippen molar-refractivity contribution < 1.29 is 18.3 Å². The van der Waals surface area contributed by atoms with Crippen molar-refractivity contribution in [2.24, 2.45) is 0 Å². The Morgan fingerprint density at radius 1 is 0.783 bits per heavy atom. The molecular weight excluding hydrogens is 311 g/mol. The maximum Gasteiger partial charge on any atom is 0.697 e. The minimum Gasteiger partial charge on any atom is -0.373 e. The lowest BCUT2D eigenvalue weighted by molar-refractivity contribution is -0.0329. The number of hydrogen-bond donors (Lipinski definition) is 0. The van der Waals surface area contributed by atoms with Crippen LogP contribution in [0.4, 0.5) is 0 Å². The van der Waals surface area contributed by atoms with Gasteiger partial charge in [0.05, 0.1) is 0 Å². The highest BCUT2D eigenvalue weighted by Gasteiger charge is 2.31. The Hall–Kier alpha value is -0.0200. The summed E-state index contributed by atoms with van der Waals surface area (Å²) in [6.45, 7) is 3.82. The van der Waals surface area contributed by atoms with Gasteiger partial charge in [-0.25, -0.2) is 0 Å². The largest absolute Gasteiger partial charge is 0.697 e. The third-order valence-electron chi connectivity index (χ3n) is 4.33. The Labute approximate surface area is 143 Å².